The average Bonchev–Trinajstić information content (AvgIpc) is 2.26. The predicted octanol–water partition coefficient (Wildman–Crippen LogP) is 2.08. The fourth-order valence-corrected chi connectivity index (χ4v) is 1.49. The van der Waals surface area contributed by atoms with Crippen molar-refractivity contribution < 1.29 is 9.53 Å². The Morgan fingerprint density at radius 1 is 1.44 bits per heavy atom. The molecule has 3 nitrogen and oxygen atoms in total. The van der Waals surface area contributed by atoms with Crippen LogP contribution < -0.4 is 5.73 Å². The number of ether oxygens (including phenoxy) is 1. The van der Waals surface area contributed by atoms with Gasteiger partial charge < -0.3 is 10.5 Å². The molecule has 0 spiro atoms. The maximum atomic E-state index is 11.7. The summed E-state index contributed by atoms with van der Waals surface area (Å²) in [7, 11) is 0. The molecule has 0 atom stereocenters. The molecule has 1 aromatic rings. The second-order valence-electron chi connectivity index (χ2n) is 3.44. The highest BCUT2D eigenvalue weighted by Crippen LogP contribution is 2.11. The van der Waals surface area contributed by atoms with Gasteiger partial charge in [0.15, 0.2) is 0 Å². The van der Waals surface area contributed by atoms with E-state index >= 15 is 0 Å². The van der Waals surface area contributed by atoms with E-state index in [0.29, 0.717) is 23.6 Å². The number of rotatable bonds is 5. The van der Waals surface area contributed by atoms with Gasteiger partial charge in [-0.3, -0.25) is 0 Å². The van der Waals surface area contributed by atoms with Crippen molar-refractivity contribution in [2.24, 2.45) is 5.73 Å². The van der Waals surface area contributed by atoms with E-state index in [-0.39, 0.29) is 5.97 Å². The Bertz CT molecular complexity index is 390. The number of benzene rings is 1. The zero-order valence-electron chi connectivity index (χ0n) is 9.23. The number of hydrogen-bond acceptors (Lipinski definition) is 3. The van der Waals surface area contributed by atoms with Crippen molar-refractivity contribution in [2.45, 2.75) is 19.8 Å². The Hall–Kier alpha value is -1.42. The SMILES string of the molecule is CCCOC(=O)c1ccccc1CC(N)=S. The summed E-state index contributed by atoms with van der Waals surface area (Å²) >= 11 is 4.84. The lowest BCUT2D eigenvalue weighted by molar-refractivity contribution is 0.0504. The number of nitrogens with two attached hydrogens (primary N) is 1. The standard InChI is InChI=1S/C12H15NO2S/c1-2-7-15-12(14)10-6-4-3-5-9(10)8-11(13)16/h3-6H,2,7-8H2,1H3,(H2,13,16). The van der Waals surface area contributed by atoms with E-state index in [4.69, 9.17) is 22.7 Å². The third kappa shape index (κ3) is 3.62. The van der Waals surface area contributed by atoms with Gasteiger partial charge in [0, 0.05) is 6.42 Å². The first-order valence-electron chi connectivity index (χ1n) is 5.18. The minimum absolute atomic E-state index is 0.311. The van der Waals surface area contributed by atoms with E-state index in [0.717, 1.165) is 12.0 Å². The molecule has 1 aromatic carbocycles. The van der Waals surface area contributed by atoms with Crippen molar-refractivity contribution in [3.8, 4) is 0 Å². The summed E-state index contributed by atoms with van der Waals surface area (Å²) in [5, 5.41) is 0. The zero-order chi connectivity index (χ0) is 12.0. The molecule has 0 unspecified atom stereocenters. The quantitative estimate of drug-likeness (QED) is 0.629. The molecular formula is C12H15NO2S. The van der Waals surface area contributed by atoms with Crippen molar-refractivity contribution in [1.82, 2.24) is 0 Å². The summed E-state index contributed by atoms with van der Waals surface area (Å²) < 4.78 is 5.08. The molecule has 0 fully saturated rings. The molecule has 2 N–H and O–H groups in total. The molecule has 0 bridgehead atoms. The predicted molar refractivity (Wildman–Crippen MR) is 67.5 cm³/mol. The third-order valence-corrected chi connectivity index (χ3v) is 2.18. The van der Waals surface area contributed by atoms with Crippen LogP contribution in [0.25, 0.3) is 0 Å². The number of carbonyl (C=O) groups is 1. The molecule has 0 radical (unpaired) electrons. The fraction of sp³-hybridized carbons (Fsp3) is 0.333. The summed E-state index contributed by atoms with van der Waals surface area (Å²) in [5.74, 6) is -0.311. The van der Waals surface area contributed by atoms with Crippen LogP contribution in [0.4, 0.5) is 0 Å². The van der Waals surface area contributed by atoms with Gasteiger partial charge in [-0.05, 0) is 18.1 Å². The van der Waals surface area contributed by atoms with Crippen LogP contribution in [0.3, 0.4) is 0 Å². The van der Waals surface area contributed by atoms with E-state index in [2.05, 4.69) is 0 Å². The van der Waals surface area contributed by atoms with Gasteiger partial charge in [0.2, 0.25) is 0 Å². The van der Waals surface area contributed by atoms with Crippen LogP contribution in [0.1, 0.15) is 29.3 Å². The van der Waals surface area contributed by atoms with E-state index in [9.17, 15) is 4.79 Å². The summed E-state index contributed by atoms with van der Waals surface area (Å²) in [6, 6.07) is 7.21. The monoisotopic (exact) mass is 237 g/mol. The van der Waals surface area contributed by atoms with Crippen LogP contribution >= 0.6 is 12.2 Å². The molecule has 86 valence electrons. The Morgan fingerprint density at radius 2 is 2.12 bits per heavy atom. The molecule has 0 aliphatic rings. The molecule has 1 rings (SSSR count). The normalized spacial score (nSPS) is 9.81. The summed E-state index contributed by atoms with van der Waals surface area (Å²) in [6.07, 6.45) is 1.23. The Labute approximate surface area is 101 Å². The lowest BCUT2D eigenvalue weighted by Crippen LogP contribution is -2.15. The van der Waals surface area contributed by atoms with Gasteiger partial charge in [-0.15, -0.1) is 0 Å². The molecule has 0 saturated carbocycles. The van der Waals surface area contributed by atoms with Crippen molar-refractivity contribution in [3.05, 3.63) is 35.4 Å². The first-order chi connectivity index (χ1) is 7.65. The molecule has 0 heterocycles. The highest BCUT2D eigenvalue weighted by atomic mass is 32.1. The van der Waals surface area contributed by atoms with E-state index < -0.39 is 0 Å². The third-order valence-electron chi connectivity index (χ3n) is 2.04. The molecule has 16 heavy (non-hydrogen) atoms. The molecular weight excluding hydrogens is 222 g/mol. The van der Waals surface area contributed by atoms with Crippen LogP contribution in [0.5, 0.6) is 0 Å². The second kappa shape index (κ2) is 6.23. The van der Waals surface area contributed by atoms with Crippen molar-refractivity contribution in [2.75, 3.05) is 6.61 Å². The Morgan fingerprint density at radius 3 is 2.75 bits per heavy atom. The van der Waals surface area contributed by atoms with Crippen LogP contribution in [-0.4, -0.2) is 17.6 Å². The maximum absolute atomic E-state index is 11.7. The van der Waals surface area contributed by atoms with Gasteiger partial charge in [0.05, 0.1) is 17.2 Å². The van der Waals surface area contributed by atoms with E-state index in [1.807, 2.05) is 19.1 Å². The van der Waals surface area contributed by atoms with Gasteiger partial charge >= 0.3 is 5.97 Å². The fourth-order valence-electron chi connectivity index (χ4n) is 1.33. The Balaban J connectivity index is 2.85. The average molecular weight is 237 g/mol. The van der Waals surface area contributed by atoms with Gasteiger partial charge in [0.1, 0.15) is 0 Å². The van der Waals surface area contributed by atoms with Crippen LogP contribution in [0, 0.1) is 0 Å². The van der Waals surface area contributed by atoms with Crippen LogP contribution in [0.2, 0.25) is 0 Å². The number of carbonyl (C=O) groups excluding carboxylic acids is 1. The van der Waals surface area contributed by atoms with E-state index in [1.54, 1.807) is 12.1 Å². The van der Waals surface area contributed by atoms with Crippen molar-refractivity contribution in [3.63, 3.8) is 0 Å². The van der Waals surface area contributed by atoms with Gasteiger partial charge in [0.25, 0.3) is 0 Å². The topological polar surface area (TPSA) is 52.3 Å². The second-order valence-corrected chi connectivity index (χ2v) is 3.96. The van der Waals surface area contributed by atoms with Crippen molar-refractivity contribution >= 4 is 23.2 Å². The first kappa shape index (κ1) is 12.6. The number of esters is 1. The lowest BCUT2D eigenvalue weighted by atomic mass is 10.0. The summed E-state index contributed by atoms with van der Waals surface area (Å²) in [5.41, 5.74) is 6.83. The molecule has 0 aromatic heterocycles. The van der Waals surface area contributed by atoms with E-state index in [1.165, 1.54) is 0 Å². The number of thiocarbonyl (C=S) groups is 1. The minimum Gasteiger partial charge on any atom is -0.462 e. The zero-order valence-corrected chi connectivity index (χ0v) is 10.0. The lowest BCUT2D eigenvalue weighted by Gasteiger charge is -2.08. The minimum atomic E-state index is -0.311. The maximum Gasteiger partial charge on any atom is 0.338 e. The molecule has 0 aliphatic heterocycles. The smallest absolute Gasteiger partial charge is 0.338 e. The highest BCUT2D eigenvalue weighted by molar-refractivity contribution is 7.80. The largest absolute Gasteiger partial charge is 0.462 e. The Kier molecular flexibility index (Phi) is 4.92. The molecule has 0 aliphatic carbocycles. The van der Waals surface area contributed by atoms with Gasteiger partial charge in [-0.2, -0.15) is 0 Å². The van der Waals surface area contributed by atoms with Gasteiger partial charge in [-0.25, -0.2) is 4.79 Å². The molecule has 0 saturated heterocycles. The highest BCUT2D eigenvalue weighted by Gasteiger charge is 2.12. The molecule has 4 heteroatoms. The van der Waals surface area contributed by atoms with Crippen LogP contribution in [0.15, 0.2) is 24.3 Å². The summed E-state index contributed by atoms with van der Waals surface area (Å²) in [6.45, 7) is 2.38. The molecule has 0 amide bonds. The van der Waals surface area contributed by atoms with Crippen molar-refractivity contribution in [1.29, 1.82) is 0 Å². The number of hydrogen-bond donors (Lipinski definition) is 1. The first-order valence-corrected chi connectivity index (χ1v) is 5.59. The van der Waals surface area contributed by atoms with Gasteiger partial charge in [-0.1, -0.05) is 37.3 Å². The van der Waals surface area contributed by atoms with Crippen LogP contribution in [-0.2, 0) is 11.2 Å². The summed E-state index contributed by atoms with van der Waals surface area (Å²) in [4.78, 5) is 12.1.